The van der Waals surface area contributed by atoms with E-state index in [4.69, 9.17) is 18.9 Å². The molecule has 5 rings (SSSR count). The predicted octanol–water partition coefficient (Wildman–Crippen LogP) is 4.81. The smallest absolute Gasteiger partial charge is 0.253 e. The summed E-state index contributed by atoms with van der Waals surface area (Å²) in [5.74, 6) is 1.18. The number of rotatable bonds is 6. The lowest BCUT2D eigenvalue weighted by molar-refractivity contribution is -0.00951. The zero-order valence-electron chi connectivity index (χ0n) is 20.1. The van der Waals surface area contributed by atoms with Crippen molar-refractivity contribution in [3.8, 4) is 22.9 Å². The fourth-order valence-electron chi connectivity index (χ4n) is 4.99. The number of amides is 1. The normalized spacial score (nSPS) is 16.7. The molecule has 0 aliphatic carbocycles. The van der Waals surface area contributed by atoms with E-state index >= 15 is 0 Å². The Kier molecular flexibility index (Phi) is 6.15. The fraction of sp³-hybridized carbons (Fsp3) is 0.370. The van der Waals surface area contributed by atoms with Gasteiger partial charge in [0.05, 0.1) is 25.1 Å². The van der Waals surface area contributed by atoms with Crippen LogP contribution in [0.1, 0.15) is 37.2 Å². The minimum absolute atomic E-state index is 0. The summed E-state index contributed by atoms with van der Waals surface area (Å²) in [6.45, 7) is 3.38. The topological polar surface area (TPSA) is 62.2 Å². The molecule has 186 valence electrons. The number of likely N-dealkylation sites (tertiary alicyclic amines) is 1. The largest absolute Gasteiger partial charge is 0.493 e. The van der Waals surface area contributed by atoms with Gasteiger partial charge in [-0.3, -0.25) is 4.79 Å². The fourth-order valence-corrected chi connectivity index (χ4v) is 4.99. The van der Waals surface area contributed by atoms with Crippen LogP contribution >= 0.6 is 0 Å². The molecule has 0 unspecified atom stereocenters. The van der Waals surface area contributed by atoms with Crippen LogP contribution in [0.3, 0.4) is 0 Å². The minimum Gasteiger partial charge on any atom is -0.493 e. The molecule has 1 fully saturated rings. The summed E-state index contributed by atoms with van der Waals surface area (Å²) < 4.78 is 38.9. The molecule has 1 atom stereocenters. The van der Waals surface area contributed by atoms with Gasteiger partial charge in [0.2, 0.25) is 0 Å². The Hall–Kier alpha value is -3.52. The molecule has 0 bridgehead atoms. The maximum atomic E-state index is 13.9. The molecule has 0 radical (unpaired) electrons. The van der Waals surface area contributed by atoms with Gasteiger partial charge < -0.3 is 28.4 Å². The van der Waals surface area contributed by atoms with Gasteiger partial charge in [0.25, 0.3) is 5.91 Å². The van der Waals surface area contributed by atoms with Crippen molar-refractivity contribution in [1.29, 1.82) is 0 Å². The number of carbonyl (C=O) groups is 1. The van der Waals surface area contributed by atoms with E-state index in [0.29, 0.717) is 55.4 Å². The van der Waals surface area contributed by atoms with Crippen LogP contribution in [-0.4, -0.2) is 55.4 Å². The van der Waals surface area contributed by atoms with Crippen molar-refractivity contribution in [2.45, 2.75) is 31.5 Å². The predicted molar refractivity (Wildman–Crippen MR) is 130 cm³/mol. The molecule has 2 aromatic carbocycles. The lowest BCUT2D eigenvalue weighted by atomic mass is 9.86. The summed E-state index contributed by atoms with van der Waals surface area (Å²) in [5.41, 5.74) is 1.78. The van der Waals surface area contributed by atoms with Gasteiger partial charge in [-0.1, -0.05) is 0 Å². The van der Waals surface area contributed by atoms with Crippen molar-refractivity contribution in [1.82, 2.24) is 9.47 Å². The van der Waals surface area contributed by atoms with E-state index in [2.05, 4.69) is 4.57 Å². The van der Waals surface area contributed by atoms with Crippen molar-refractivity contribution in [2.75, 3.05) is 33.9 Å². The molecule has 2 aliphatic heterocycles. The Morgan fingerprint density at radius 3 is 2.69 bits per heavy atom. The second-order valence-electron chi connectivity index (χ2n) is 9.01. The number of benzene rings is 2. The van der Waals surface area contributed by atoms with E-state index < -0.39 is 5.60 Å². The van der Waals surface area contributed by atoms with Gasteiger partial charge >= 0.3 is 0 Å². The molecule has 0 N–H and O–H groups in total. The van der Waals surface area contributed by atoms with Crippen molar-refractivity contribution < 1.29 is 29.6 Å². The number of carbonyl (C=O) groups excluding carboxylic acids is 1. The van der Waals surface area contributed by atoms with Crippen LogP contribution in [0, 0.1) is 5.82 Å². The average Bonchev–Trinajstić information content (AvgIpc) is 3.36. The van der Waals surface area contributed by atoms with Crippen molar-refractivity contribution in [2.24, 2.45) is 0 Å². The van der Waals surface area contributed by atoms with Gasteiger partial charge in [-0.2, -0.15) is 0 Å². The molecule has 1 saturated heterocycles. The van der Waals surface area contributed by atoms with Crippen LogP contribution < -0.4 is 14.2 Å². The molecular formula is C27H31FN2O5. The Bertz CT molecular complexity index is 1240. The summed E-state index contributed by atoms with van der Waals surface area (Å²) in [6.07, 6.45) is 3.02. The number of hydrogen-bond donors (Lipinski definition) is 0. The highest BCUT2D eigenvalue weighted by Crippen LogP contribution is 2.45. The van der Waals surface area contributed by atoms with E-state index in [1.165, 1.54) is 12.1 Å². The number of fused-ring (bicyclic) bond motifs is 4. The van der Waals surface area contributed by atoms with Gasteiger partial charge in [-0.25, -0.2) is 4.39 Å². The first-order chi connectivity index (χ1) is 16.9. The van der Waals surface area contributed by atoms with Gasteiger partial charge in [-0.05, 0) is 49.4 Å². The number of nitrogens with zero attached hydrogens (tertiary/aromatic N) is 2. The lowest BCUT2D eigenvalue weighted by Crippen LogP contribution is -2.50. The maximum absolute atomic E-state index is 13.9. The quantitative estimate of drug-likeness (QED) is 0.505. The molecular weight excluding hydrogens is 451 g/mol. The first-order valence-electron chi connectivity index (χ1n) is 11.7. The van der Waals surface area contributed by atoms with Crippen LogP contribution in [0.5, 0.6) is 17.2 Å². The number of hydrogen-bond acceptors (Lipinski definition) is 5. The third-order valence-corrected chi connectivity index (χ3v) is 6.70. The first kappa shape index (κ1) is 23.2. The Labute approximate surface area is 205 Å². The molecule has 3 heterocycles. The standard InChI is InChI=1S/C27H29FN2O5.H2/c1-18(17-32-2)34-22-9-6-19(15-24(22)33-3)26(31)29-13-10-27(11-14-29)25-5-4-12-30(25)21-8-7-20(28)16-23(21)35-27;/h4-9,12,15-16,18H,10-11,13-14,17H2,1-3H3;1H/t18-;/m0./s1. The second kappa shape index (κ2) is 9.26. The summed E-state index contributed by atoms with van der Waals surface area (Å²) in [5, 5.41) is 0. The molecule has 8 heteroatoms. The van der Waals surface area contributed by atoms with Gasteiger partial charge in [-0.15, -0.1) is 0 Å². The minimum atomic E-state index is -0.603. The monoisotopic (exact) mass is 482 g/mol. The molecule has 7 nitrogen and oxygen atoms in total. The zero-order chi connectivity index (χ0) is 24.6. The molecule has 0 saturated carbocycles. The highest BCUT2D eigenvalue weighted by Gasteiger charge is 2.44. The Morgan fingerprint density at radius 1 is 1.14 bits per heavy atom. The SMILES string of the molecule is COC[C@H](C)Oc1ccc(C(=O)N2CCC3(CC2)Oc2cc(F)ccc2-n2cccc23)cc1OC.[HH]. The first-order valence-corrected chi connectivity index (χ1v) is 11.7. The Balaban J connectivity index is 0.00000304. The molecule has 1 amide bonds. The molecule has 1 spiro atoms. The van der Waals surface area contributed by atoms with Crippen molar-refractivity contribution in [3.05, 3.63) is 71.8 Å². The Morgan fingerprint density at radius 2 is 1.94 bits per heavy atom. The maximum Gasteiger partial charge on any atom is 0.253 e. The van der Waals surface area contributed by atoms with E-state index in [-0.39, 0.29) is 19.3 Å². The summed E-state index contributed by atoms with van der Waals surface area (Å²) >= 11 is 0. The van der Waals surface area contributed by atoms with Crippen molar-refractivity contribution in [3.63, 3.8) is 0 Å². The molecule has 3 aromatic rings. The van der Waals surface area contributed by atoms with Gasteiger partial charge in [0, 0.05) is 52.3 Å². The summed E-state index contributed by atoms with van der Waals surface area (Å²) in [7, 11) is 3.17. The van der Waals surface area contributed by atoms with Gasteiger partial charge in [0.1, 0.15) is 17.7 Å². The van der Waals surface area contributed by atoms with Gasteiger partial charge in [0.15, 0.2) is 17.1 Å². The van der Waals surface area contributed by atoms with Crippen LogP contribution in [-0.2, 0) is 10.3 Å². The highest BCUT2D eigenvalue weighted by molar-refractivity contribution is 5.95. The number of aromatic nitrogens is 1. The number of ether oxygens (including phenoxy) is 4. The average molecular weight is 483 g/mol. The second-order valence-corrected chi connectivity index (χ2v) is 9.01. The number of piperidine rings is 1. The summed E-state index contributed by atoms with van der Waals surface area (Å²) in [4.78, 5) is 15.2. The third kappa shape index (κ3) is 4.23. The molecule has 2 aliphatic rings. The molecule has 35 heavy (non-hydrogen) atoms. The lowest BCUT2D eigenvalue weighted by Gasteiger charge is -2.45. The van der Waals surface area contributed by atoms with E-state index in [1.54, 1.807) is 38.5 Å². The van der Waals surface area contributed by atoms with E-state index in [0.717, 1.165) is 11.4 Å². The number of methoxy groups -OCH3 is 2. The summed E-state index contributed by atoms with van der Waals surface area (Å²) in [6, 6.07) is 13.8. The van der Waals surface area contributed by atoms with Crippen LogP contribution in [0.2, 0.25) is 0 Å². The van der Waals surface area contributed by atoms with Crippen LogP contribution in [0.25, 0.3) is 5.69 Å². The highest BCUT2D eigenvalue weighted by atomic mass is 19.1. The van der Waals surface area contributed by atoms with Crippen LogP contribution in [0.15, 0.2) is 54.7 Å². The van der Waals surface area contributed by atoms with Crippen LogP contribution in [0.4, 0.5) is 4.39 Å². The number of halogens is 1. The van der Waals surface area contributed by atoms with E-state index in [9.17, 15) is 9.18 Å². The molecule has 1 aromatic heterocycles. The third-order valence-electron chi connectivity index (χ3n) is 6.70. The zero-order valence-corrected chi connectivity index (χ0v) is 20.1. The van der Waals surface area contributed by atoms with E-state index in [1.807, 2.05) is 30.2 Å². The van der Waals surface area contributed by atoms with Crippen molar-refractivity contribution >= 4 is 5.91 Å².